The largest absolute Gasteiger partial charge is 0.427 e. The maximum Gasteiger partial charge on any atom is 0.427 e. The molecular weight excluding hydrogens is 433 g/mol. The Bertz CT molecular complexity index is 1120. The van der Waals surface area contributed by atoms with Gasteiger partial charge in [0, 0.05) is 23.5 Å². The van der Waals surface area contributed by atoms with Crippen molar-refractivity contribution in [2.75, 3.05) is 10.6 Å². The molecule has 0 aliphatic carbocycles. The van der Waals surface area contributed by atoms with Crippen LogP contribution >= 0.6 is 11.3 Å². The highest BCUT2D eigenvalue weighted by molar-refractivity contribution is 7.15. The maximum atomic E-state index is 12.7. The molecule has 2 amide bonds. The van der Waals surface area contributed by atoms with Crippen LogP contribution in [-0.2, 0) is 15.8 Å². The van der Waals surface area contributed by atoms with Gasteiger partial charge in [-0.25, -0.2) is 9.97 Å². The molecule has 3 rings (SSSR count). The highest BCUT2D eigenvalue weighted by atomic mass is 32.1. The second kappa shape index (κ2) is 8.68. The molecule has 8 nitrogen and oxygen atoms in total. The third-order valence-corrected chi connectivity index (χ3v) is 5.18. The number of anilines is 2. The van der Waals surface area contributed by atoms with Crippen molar-refractivity contribution in [3.05, 3.63) is 53.9 Å². The minimum absolute atomic E-state index is 0.144. The third-order valence-electron chi connectivity index (χ3n) is 4.22. The molecule has 1 unspecified atom stereocenters. The van der Waals surface area contributed by atoms with Gasteiger partial charge in [-0.3, -0.25) is 14.3 Å². The fourth-order valence-electron chi connectivity index (χ4n) is 2.56. The second-order valence-electron chi connectivity index (χ2n) is 6.43. The number of rotatable bonds is 6. The number of hydrogen-bond donors (Lipinski definition) is 2. The molecule has 0 bridgehead atoms. The Morgan fingerprint density at radius 1 is 1.23 bits per heavy atom. The van der Waals surface area contributed by atoms with Crippen LogP contribution in [0.15, 0.2) is 43.4 Å². The zero-order chi connectivity index (χ0) is 22.8. The third kappa shape index (κ3) is 5.15. The lowest BCUT2D eigenvalue weighted by Crippen LogP contribution is -2.24. The van der Waals surface area contributed by atoms with E-state index in [1.807, 2.05) is 0 Å². The molecule has 1 atom stereocenters. The van der Waals surface area contributed by atoms with Gasteiger partial charge in [-0.1, -0.05) is 17.9 Å². The van der Waals surface area contributed by atoms with Crippen molar-refractivity contribution in [1.29, 1.82) is 0 Å². The fourth-order valence-corrected chi connectivity index (χ4v) is 3.25. The lowest BCUT2D eigenvalue weighted by Gasteiger charge is -2.11. The van der Waals surface area contributed by atoms with Crippen LogP contribution in [0.3, 0.4) is 0 Å². The number of carbonyl (C=O) groups excluding carboxylic acids is 2. The van der Waals surface area contributed by atoms with Crippen LogP contribution in [-0.4, -0.2) is 31.6 Å². The predicted molar refractivity (Wildman–Crippen MR) is 109 cm³/mol. The van der Waals surface area contributed by atoms with Gasteiger partial charge >= 0.3 is 6.18 Å². The molecule has 0 aliphatic rings. The molecule has 0 saturated carbocycles. The van der Waals surface area contributed by atoms with Gasteiger partial charge in [-0.05, 0) is 32.1 Å². The van der Waals surface area contributed by atoms with Crippen molar-refractivity contribution in [3.63, 3.8) is 0 Å². The van der Waals surface area contributed by atoms with E-state index in [9.17, 15) is 22.8 Å². The summed E-state index contributed by atoms with van der Waals surface area (Å²) in [6.45, 7) is 6.68. The topological polar surface area (TPSA) is 102 Å². The molecule has 3 heterocycles. The Labute approximate surface area is 178 Å². The van der Waals surface area contributed by atoms with Crippen LogP contribution < -0.4 is 10.6 Å². The van der Waals surface area contributed by atoms with Crippen LogP contribution in [0, 0.1) is 6.92 Å². The molecule has 3 aromatic heterocycles. The van der Waals surface area contributed by atoms with Gasteiger partial charge in [0.15, 0.2) is 5.13 Å². The number of halogens is 3. The molecular formula is C19H17F3N6O2S. The molecule has 12 heteroatoms. The first-order chi connectivity index (χ1) is 14.6. The van der Waals surface area contributed by atoms with Crippen molar-refractivity contribution >= 4 is 34.1 Å². The van der Waals surface area contributed by atoms with E-state index in [1.54, 1.807) is 38.4 Å². The van der Waals surface area contributed by atoms with E-state index >= 15 is 0 Å². The number of alkyl halides is 3. The summed E-state index contributed by atoms with van der Waals surface area (Å²) in [5, 5.41) is 9.10. The summed E-state index contributed by atoms with van der Waals surface area (Å²) in [6.07, 6.45) is 0.479. The van der Waals surface area contributed by atoms with E-state index in [4.69, 9.17) is 0 Å². The van der Waals surface area contributed by atoms with Crippen LogP contribution in [0.1, 0.15) is 23.5 Å². The standard InChI is InChI=1S/C19H17F3N6O2S/c1-4-16(29)25-15-6-5-12(7-23-15)13-9-28(27-10(13)2)11(3)17(30)26-18-24-8-14(31-18)19(20,21)22/h4-9,11H,1H2,2-3H3,(H,23,25,29)(H,24,26,30). The molecule has 0 fully saturated rings. The number of aryl methyl sites for hydroxylation is 1. The summed E-state index contributed by atoms with van der Waals surface area (Å²) in [6, 6.07) is 2.55. The summed E-state index contributed by atoms with van der Waals surface area (Å²) in [4.78, 5) is 30.6. The van der Waals surface area contributed by atoms with E-state index in [-0.39, 0.29) is 11.0 Å². The van der Waals surface area contributed by atoms with Gasteiger partial charge in [0.25, 0.3) is 5.91 Å². The lowest BCUT2D eigenvalue weighted by atomic mass is 10.1. The first-order valence-electron chi connectivity index (χ1n) is 8.88. The van der Waals surface area contributed by atoms with Crippen LogP contribution in [0.4, 0.5) is 24.1 Å². The van der Waals surface area contributed by atoms with Crippen LogP contribution in [0.2, 0.25) is 0 Å². The molecule has 0 aromatic carbocycles. The molecule has 0 saturated heterocycles. The van der Waals surface area contributed by atoms with Gasteiger partial charge in [0.1, 0.15) is 16.7 Å². The molecule has 0 spiro atoms. The maximum absolute atomic E-state index is 12.7. The van der Waals surface area contributed by atoms with Crippen LogP contribution in [0.5, 0.6) is 0 Å². The van der Waals surface area contributed by atoms with E-state index in [1.165, 1.54) is 4.68 Å². The summed E-state index contributed by atoms with van der Waals surface area (Å²) < 4.78 is 39.5. The van der Waals surface area contributed by atoms with Crippen molar-refractivity contribution in [2.45, 2.75) is 26.1 Å². The SMILES string of the molecule is C=CC(=O)Nc1ccc(-c2cn(C(C)C(=O)Nc3ncc(C(F)(F)F)s3)nc2C)cn1. The first kappa shape index (κ1) is 22.2. The Balaban J connectivity index is 1.73. The van der Waals surface area contributed by atoms with Crippen LogP contribution in [0.25, 0.3) is 11.1 Å². The normalized spacial score (nSPS) is 12.3. The number of nitrogens with zero attached hydrogens (tertiary/aromatic N) is 4. The fraction of sp³-hybridized carbons (Fsp3) is 0.211. The van der Waals surface area contributed by atoms with Crippen molar-refractivity contribution in [3.8, 4) is 11.1 Å². The predicted octanol–water partition coefficient (Wildman–Crippen LogP) is 4.05. The van der Waals surface area contributed by atoms with Gasteiger partial charge in [-0.15, -0.1) is 0 Å². The number of aromatic nitrogens is 4. The van der Waals surface area contributed by atoms with Gasteiger partial charge in [-0.2, -0.15) is 18.3 Å². The quantitative estimate of drug-likeness (QED) is 0.552. The van der Waals surface area contributed by atoms with E-state index in [0.29, 0.717) is 40.2 Å². The molecule has 2 N–H and O–H groups in total. The number of amides is 2. The van der Waals surface area contributed by atoms with Crippen molar-refractivity contribution in [2.24, 2.45) is 0 Å². The minimum Gasteiger partial charge on any atom is -0.307 e. The van der Waals surface area contributed by atoms with Crippen molar-refractivity contribution in [1.82, 2.24) is 19.7 Å². The lowest BCUT2D eigenvalue weighted by molar-refractivity contribution is -0.134. The molecule has 3 aromatic rings. The number of pyridine rings is 1. The number of thiazole rings is 1. The van der Waals surface area contributed by atoms with Gasteiger partial charge in [0.05, 0.1) is 11.9 Å². The second-order valence-corrected chi connectivity index (χ2v) is 7.46. The summed E-state index contributed by atoms with van der Waals surface area (Å²) in [7, 11) is 0. The molecule has 0 aliphatic heterocycles. The first-order valence-corrected chi connectivity index (χ1v) is 9.69. The van der Waals surface area contributed by atoms with Gasteiger partial charge in [0.2, 0.25) is 5.91 Å². The zero-order valence-electron chi connectivity index (χ0n) is 16.4. The number of hydrogen-bond acceptors (Lipinski definition) is 6. The molecule has 162 valence electrons. The molecule has 0 radical (unpaired) electrons. The molecule has 31 heavy (non-hydrogen) atoms. The monoisotopic (exact) mass is 450 g/mol. The van der Waals surface area contributed by atoms with E-state index < -0.39 is 23.0 Å². The Kier molecular flexibility index (Phi) is 6.20. The minimum atomic E-state index is -4.52. The smallest absolute Gasteiger partial charge is 0.307 e. The highest BCUT2D eigenvalue weighted by Gasteiger charge is 2.33. The summed E-state index contributed by atoms with van der Waals surface area (Å²) in [5.41, 5.74) is 2.04. The Morgan fingerprint density at radius 2 is 1.97 bits per heavy atom. The Morgan fingerprint density at radius 3 is 2.55 bits per heavy atom. The summed E-state index contributed by atoms with van der Waals surface area (Å²) >= 11 is 0.351. The average molecular weight is 450 g/mol. The summed E-state index contributed by atoms with van der Waals surface area (Å²) in [5.74, 6) is -0.586. The number of carbonyl (C=O) groups is 2. The Hall–Kier alpha value is -3.54. The van der Waals surface area contributed by atoms with Gasteiger partial charge < -0.3 is 10.6 Å². The van der Waals surface area contributed by atoms with Crippen molar-refractivity contribution < 1.29 is 22.8 Å². The van der Waals surface area contributed by atoms with E-state index in [2.05, 4.69) is 32.3 Å². The highest BCUT2D eigenvalue weighted by Crippen LogP contribution is 2.35. The number of nitrogens with one attached hydrogen (secondary N) is 2. The zero-order valence-corrected chi connectivity index (χ0v) is 17.2. The average Bonchev–Trinajstić information content (AvgIpc) is 3.34. The van der Waals surface area contributed by atoms with E-state index in [0.717, 1.165) is 6.08 Å².